The smallest absolute Gasteiger partial charge is 0.320 e. The zero-order valence-electron chi connectivity index (χ0n) is 22.7. The number of nitrogens with one attached hydrogen (secondary N) is 2. The van der Waals surface area contributed by atoms with Gasteiger partial charge in [0.25, 0.3) is 5.95 Å². The van der Waals surface area contributed by atoms with E-state index in [1.165, 1.54) is 0 Å². The Balaban J connectivity index is 1.25. The second kappa shape index (κ2) is 11.1. The van der Waals surface area contributed by atoms with E-state index in [1.807, 2.05) is 74.8 Å². The van der Waals surface area contributed by atoms with Gasteiger partial charge in [-0.3, -0.25) is 10.00 Å². The van der Waals surface area contributed by atoms with Crippen molar-refractivity contribution < 1.29 is 13.9 Å². The molecule has 10 nitrogen and oxygen atoms in total. The van der Waals surface area contributed by atoms with Crippen LogP contribution in [-0.2, 0) is 7.05 Å². The molecule has 0 bridgehead atoms. The molecule has 2 amide bonds. The van der Waals surface area contributed by atoms with Crippen LogP contribution >= 0.6 is 0 Å². The molecular formula is C31H29N7O3. The first-order valence-electron chi connectivity index (χ1n) is 13.4. The Bertz CT molecular complexity index is 1700. The number of aryl methyl sites for hydroxylation is 1. The number of furan rings is 1. The number of amides is 2. The lowest BCUT2D eigenvalue weighted by Crippen LogP contribution is -2.40. The van der Waals surface area contributed by atoms with E-state index in [4.69, 9.17) is 19.5 Å². The van der Waals surface area contributed by atoms with Gasteiger partial charge < -0.3 is 14.5 Å². The summed E-state index contributed by atoms with van der Waals surface area (Å²) in [6.45, 7) is 1.94. The average molecular weight is 548 g/mol. The highest BCUT2D eigenvalue weighted by atomic mass is 16.6. The molecule has 0 spiro atoms. The van der Waals surface area contributed by atoms with E-state index in [0.29, 0.717) is 24.6 Å². The van der Waals surface area contributed by atoms with Gasteiger partial charge in [0.1, 0.15) is 23.7 Å². The van der Waals surface area contributed by atoms with E-state index in [2.05, 4.69) is 27.9 Å². The van der Waals surface area contributed by atoms with Crippen LogP contribution in [0.25, 0.3) is 16.9 Å². The van der Waals surface area contributed by atoms with Crippen molar-refractivity contribution in [3.8, 4) is 29.0 Å². The Morgan fingerprint density at radius 1 is 1.07 bits per heavy atom. The van der Waals surface area contributed by atoms with Crippen molar-refractivity contribution in [1.29, 1.82) is 5.26 Å². The minimum absolute atomic E-state index is 0.0310. The van der Waals surface area contributed by atoms with Gasteiger partial charge in [0.2, 0.25) is 5.76 Å². The standard InChI is InChI=1S/C31H29N7O3/c1-20-29(22-18-33-37(2)19-22)36-38(23-11-7-4-8-12-23)30(20)35-31(39)34-27-16-25(41-28-14-13-24(17-32)40-28)15-26(27)21-9-5-3-6-10-21/h3-14,18-19,25-27H,15-16H2,1-2H3,(H2,34,35,39)/t25-,26-,27+/m0/s1. The highest BCUT2D eigenvalue weighted by Gasteiger charge is 2.38. The van der Waals surface area contributed by atoms with Crippen LogP contribution in [0.15, 0.2) is 89.6 Å². The summed E-state index contributed by atoms with van der Waals surface area (Å²) in [4.78, 5) is 13.6. The van der Waals surface area contributed by atoms with Gasteiger partial charge in [0.15, 0.2) is 0 Å². The Labute approximate surface area is 237 Å². The lowest BCUT2D eigenvalue weighted by atomic mass is 9.94. The summed E-state index contributed by atoms with van der Waals surface area (Å²) in [5, 5.41) is 24.5. The van der Waals surface area contributed by atoms with E-state index < -0.39 is 0 Å². The van der Waals surface area contributed by atoms with Crippen molar-refractivity contribution in [2.24, 2.45) is 7.05 Å². The molecule has 1 aliphatic rings. The molecular weight excluding hydrogens is 518 g/mol. The van der Waals surface area contributed by atoms with Gasteiger partial charge in [0, 0.05) is 48.8 Å². The highest BCUT2D eigenvalue weighted by Crippen LogP contribution is 2.37. The maximum Gasteiger partial charge on any atom is 0.320 e. The fraction of sp³-hybridized carbons (Fsp3) is 0.226. The molecule has 1 aliphatic carbocycles. The quantitative estimate of drug-likeness (QED) is 0.275. The van der Waals surface area contributed by atoms with E-state index in [9.17, 15) is 4.79 Å². The maximum atomic E-state index is 13.6. The number of nitrogens with zero attached hydrogens (tertiary/aromatic N) is 5. The second-order valence-corrected chi connectivity index (χ2v) is 10.1. The van der Waals surface area contributed by atoms with E-state index >= 15 is 0 Å². The number of anilines is 1. The molecule has 5 aromatic rings. The summed E-state index contributed by atoms with van der Waals surface area (Å²) in [7, 11) is 1.86. The van der Waals surface area contributed by atoms with Crippen molar-refractivity contribution >= 4 is 11.8 Å². The van der Waals surface area contributed by atoms with E-state index in [0.717, 1.165) is 28.1 Å². The van der Waals surface area contributed by atoms with Crippen molar-refractivity contribution in [3.63, 3.8) is 0 Å². The third kappa shape index (κ3) is 5.43. The van der Waals surface area contributed by atoms with Crippen LogP contribution in [0.2, 0.25) is 0 Å². The van der Waals surface area contributed by atoms with Gasteiger partial charge in [-0.1, -0.05) is 48.5 Å². The molecule has 0 saturated heterocycles. The number of urea groups is 1. The number of aromatic nitrogens is 4. The predicted molar refractivity (Wildman–Crippen MR) is 153 cm³/mol. The molecule has 6 rings (SSSR count). The summed E-state index contributed by atoms with van der Waals surface area (Å²) in [6, 6.07) is 24.5. The summed E-state index contributed by atoms with van der Waals surface area (Å²) in [5.74, 6) is 1.11. The number of rotatable bonds is 7. The molecule has 3 aromatic heterocycles. The Kier molecular flexibility index (Phi) is 7.00. The molecule has 2 N–H and O–H groups in total. The Morgan fingerprint density at radius 3 is 2.51 bits per heavy atom. The summed E-state index contributed by atoms with van der Waals surface area (Å²) in [6.07, 6.45) is 4.72. The van der Waals surface area contributed by atoms with Crippen LogP contribution in [0.1, 0.15) is 35.6 Å². The number of ether oxygens (including phenoxy) is 1. The first-order chi connectivity index (χ1) is 20.0. The minimum Gasteiger partial charge on any atom is -0.462 e. The number of carbonyl (C=O) groups excluding carboxylic acids is 1. The third-order valence-corrected chi connectivity index (χ3v) is 7.37. The van der Waals surface area contributed by atoms with Crippen LogP contribution in [0.4, 0.5) is 10.6 Å². The van der Waals surface area contributed by atoms with Gasteiger partial charge >= 0.3 is 6.03 Å². The number of hydrogen-bond donors (Lipinski definition) is 2. The monoisotopic (exact) mass is 547 g/mol. The second-order valence-electron chi connectivity index (χ2n) is 10.1. The zero-order valence-corrected chi connectivity index (χ0v) is 22.7. The fourth-order valence-corrected chi connectivity index (χ4v) is 5.45. The van der Waals surface area contributed by atoms with Crippen molar-refractivity contribution in [1.82, 2.24) is 24.9 Å². The van der Waals surface area contributed by atoms with Gasteiger partial charge in [-0.05, 0) is 37.1 Å². The third-order valence-electron chi connectivity index (χ3n) is 7.37. The van der Waals surface area contributed by atoms with Gasteiger partial charge in [-0.2, -0.15) is 15.5 Å². The van der Waals surface area contributed by atoms with Crippen LogP contribution in [-0.4, -0.2) is 37.7 Å². The first-order valence-corrected chi connectivity index (χ1v) is 13.4. The predicted octanol–water partition coefficient (Wildman–Crippen LogP) is 5.56. The molecule has 10 heteroatoms. The molecule has 0 unspecified atom stereocenters. The van der Waals surface area contributed by atoms with E-state index in [1.54, 1.807) is 27.7 Å². The van der Waals surface area contributed by atoms with Crippen molar-refractivity contribution in [2.75, 3.05) is 5.32 Å². The highest BCUT2D eigenvalue weighted by molar-refractivity contribution is 5.91. The molecule has 0 radical (unpaired) electrons. The Morgan fingerprint density at radius 2 is 1.83 bits per heavy atom. The summed E-state index contributed by atoms with van der Waals surface area (Å²) < 4.78 is 15.0. The SMILES string of the molecule is Cc1c(-c2cnn(C)c2)nn(-c2ccccc2)c1NC(=O)N[C@@H]1C[C@@H](Oc2ccc(C#N)o2)C[C@H]1c1ccccc1. The average Bonchev–Trinajstić information content (AvgIpc) is 3.78. The van der Waals surface area contributed by atoms with E-state index in [-0.39, 0.29) is 29.9 Å². The zero-order chi connectivity index (χ0) is 28.3. The number of nitriles is 1. The fourth-order valence-electron chi connectivity index (χ4n) is 5.45. The summed E-state index contributed by atoms with van der Waals surface area (Å²) in [5.41, 5.74) is 4.37. The lowest BCUT2D eigenvalue weighted by Gasteiger charge is -2.21. The van der Waals surface area contributed by atoms with Gasteiger partial charge in [-0.25, -0.2) is 9.48 Å². The van der Waals surface area contributed by atoms with Gasteiger partial charge in [0.05, 0.1) is 11.9 Å². The number of hydrogen-bond acceptors (Lipinski definition) is 6. The number of benzene rings is 2. The number of para-hydroxylation sites is 1. The minimum atomic E-state index is -0.334. The normalized spacial score (nSPS) is 18.1. The van der Waals surface area contributed by atoms with Gasteiger partial charge in [-0.15, -0.1) is 0 Å². The molecule has 0 aliphatic heterocycles. The first kappa shape index (κ1) is 26.0. The van der Waals surface area contributed by atoms with Crippen LogP contribution in [0.3, 0.4) is 0 Å². The van der Waals surface area contributed by atoms with Crippen LogP contribution < -0.4 is 15.4 Å². The molecule has 41 heavy (non-hydrogen) atoms. The van der Waals surface area contributed by atoms with Crippen molar-refractivity contribution in [2.45, 2.75) is 37.8 Å². The van der Waals surface area contributed by atoms with Crippen LogP contribution in [0, 0.1) is 18.3 Å². The molecule has 2 aromatic carbocycles. The lowest BCUT2D eigenvalue weighted by molar-refractivity contribution is 0.158. The Hall–Kier alpha value is -5.30. The largest absolute Gasteiger partial charge is 0.462 e. The molecule has 206 valence electrons. The molecule has 3 heterocycles. The molecule has 3 atom stereocenters. The topological polar surface area (TPSA) is 123 Å². The van der Waals surface area contributed by atoms with Crippen LogP contribution in [0.5, 0.6) is 5.95 Å². The number of carbonyl (C=O) groups is 1. The molecule has 1 saturated carbocycles. The molecule has 1 fully saturated rings. The van der Waals surface area contributed by atoms with Crippen molar-refractivity contribution in [3.05, 3.63) is 102 Å². The maximum absolute atomic E-state index is 13.6. The summed E-state index contributed by atoms with van der Waals surface area (Å²) >= 11 is 0.